The van der Waals surface area contributed by atoms with Crippen LogP contribution in [0, 0.1) is 11.6 Å². The average Bonchev–Trinajstić information content (AvgIpc) is 2.67. The minimum atomic E-state index is -0.806. The molecule has 2 heteroatoms. The van der Waals surface area contributed by atoms with E-state index in [0.717, 1.165) is 24.8 Å². The molecule has 4 rings (SSSR count). The molecule has 0 amide bonds. The van der Waals surface area contributed by atoms with E-state index in [0.29, 0.717) is 5.56 Å². The van der Waals surface area contributed by atoms with Crippen LogP contribution >= 0.6 is 0 Å². The molecule has 0 nitrogen and oxygen atoms in total. The molecule has 3 aromatic rings. The van der Waals surface area contributed by atoms with E-state index in [2.05, 4.69) is 37.3 Å². The first-order valence-electron chi connectivity index (χ1n) is 9.36. The second kappa shape index (κ2) is 7.03. The molecule has 0 N–H and O–H groups in total. The fraction of sp³-hybridized carbons (Fsp3) is 0.250. The summed E-state index contributed by atoms with van der Waals surface area (Å²) in [7, 11) is 0. The van der Waals surface area contributed by atoms with Crippen LogP contribution in [0.5, 0.6) is 0 Å². The first kappa shape index (κ1) is 17.0. The fourth-order valence-corrected chi connectivity index (χ4v) is 3.84. The number of rotatable bonds is 4. The van der Waals surface area contributed by atoms with Gasteiger partial charge in [-0.2, -0.15) is 0 Å². The molecule has 1 aliphatic rings. The van der Waals surface area contributed by atoms with Crippen molar-refractivity contribution in [3.8, 4) is 22.3 Å². The van der Waals surface area contributed by atoms with Crippen LogP contribution in [0.25, 0.3) is 22.3 Å². The van der Waals surface area contributed by atoms with Crippen LogP contribution in [-0.2, 0) is 19.3 Å². The first-order valence-corrected chi connectivity index (χ1v) is 9.36. The molecule has 0 saturated heterocycles. The van der Waals surface area contributed by atoms with E-state index in [1.54, 1.807) is 6.07 Å². The molecule has 132 valence electrons. The molecular weight excluding hydrogens is 326 g/mol. The summed E-state index contributed by atoms with van der Waals surface area (Å²) in [5.41, 5.74) is 8.35. The summed E-state index contributed by atoms with van der Waals surface area (Å²) in [6.07, 6.45) is 5.60. The summed E-state index contributed by atoms with van der Waals surface area (Å²) < 4.78 is 26.7. The maximum absolute atomic E-state index is 13.6. The molecular formula is C24H22F2. The number of halogens is 2. The second-order valence-electron chi connectivity index (χ2n) is 7.10. The number of hydrogen-bond donors (Lipinski definition) is 0. The summed E-state index contributed by atoms with van der Waals surface area (Å²) >= 11 is 0. The lowest BCUT2D eigenvalue weighted by molar-refractivity contribution is 0.509. The van der Waals surface area contributed by atoms with Gasteiger partial charge in [-0.1, -0.05) is 55.8 Å². The van der Waals surface area contributed by atoms with E-state index in [9.17, 15) is 8.78 Å². The van der Waals surface area contributed by atoms with Crippen molar-refractivity contribution in [2.24, 2.45) is 0 Å². The third kappa shape index (κ3) is 3.16. The predicted octanol–water partition coefficient (Wildman–Crippen LogP) is 6.74. The van der Waals surface area contributed by atoms with Gasteiger partial charge in [0.15, 0.2) is 11.6 Å². The number of aryl methyl sites for hydroxylation is 3. The van der Waals surface area contributed by atoms with E-state index in [-0.39, 0.29) is 0 Å². The minimum absolute atomic E-state index is 0.715. The van der Waals surface area contributed by atoms with Gasteiger partial charge in [-0.05, 0) is 76.8 Å². The third-order valence-corrected chi connectivity index (χ3v) is 5.30. The lowest BCUT2D eigenvalue weighted by atomic mass is 9.83. The van der Waals surface area contributed by atoms with Crippen LogP contribution in [0.3, 0.4) is 0 Å². The van der Waals surface area contributed by atoms with E-state index in [4.69, 9.17) is 0 Å². The van der Waals surface area contributed by atoms with Gasteiger partial charge in [0.2, 0.25) is 0 Å². The highest BCUT2D eigenvalue weighted by atomic mass is 19.2. The van der Waals surface area contributed by atoms with Gasteiger partial charge in [-0.15, -0.1) is 0 Å². The Kier molecular flexibility index (Phi) is 4.58. The average molecular weight is 348 g/mol. The Labute approximate surface area is 153 Å². The molecule has 0 aromatic heterocycles. The molecule has 0 aliphatic heterocycles. The highest BCUT2D eigenvalue weighted by molar-refractivity contribution is 5.77. The van der Waals surface area contributed by atoms with Crippen LogP contribution in [-0.4, -0.2) is 0 Å². The van der Waals surface area contributed by atoms with Crippen molar-refractivity contribution < 1.29 is 8.78 Å². The van der Waals surface area contributed by atoms with E-state index in [1.807, 2.05) is 6.07 Å². The SMILES string of the molecule is CCCCc1ccc2c(c1)CCc1cc(-c3ccc(F)c(F)c3)ccc1-2. The van der Waals surface area contributed by atoms with Crippen LogP contribution in [0.1, 0.15) is 36.5 Å². The maximum atomic E-state index is 13.6. The molecule has 0 atom stereocenters. The number of benzene rings is 3. The molecule has 26 heavy (non-hydrogen) atoms. The van der Waals surface area contributed by atoms with Gasteiger partial charge in [0, 0.05) is 0 Å². The highest BCUT2D eigenvalue weighted by Crippen LogP contribution is 2.36. The van der Waals surface area contributed by atoms with Crippen molar-refractivity contribution in [3.63, 3.8) is 0 Å². The largest absolute Gasteiger partial charge is 0.204 e. The van der Waals surface area contributed by atoms with Crippen LogP contribution in [0.15, 0.2) is 54.6 Å². The van der Waals surface area contributed by atoms with Gasteiger partial charge in [-0.25, -0.2) is 8.78 Å². The normalized spacial score (nSPS) is 12.6. The predicted molar refractivity (Wildman–Crippen MR) is 103 cm³/mol. The van der Waals surface area contributed by atoms with E-state index >= 15 is 0 Å². The molecule has 0 radical (unpaired) electrons. The highest BCUT2D eigenvalue weighted by Gasteiger charge is 2.17. The van der Waals surface area contributed by atoms with Crippen molar-refractivity contribution in [1.82, 2.24) is 0 Å². The number of hydrogen-bond acceptors (Lipinski definition) is 0. The van der Waals surface area contributed by atoms with Gasteiger partial charge >= 0.3 is 0 Å². The first-order chi connectivity index (χ1) is 12.7. The lowest BCUT2D eigenvalue weighted by Crippen LogP contribution is -2.05. The zero-order chi connectivity index (χ0) is 18.1. The Morgan fingerprint density at radius 3 is 2.12 bits per heavy atom. The summed E-state index contributed by atoms with van der Waals surface area (Å²) in [5, 5.41) is 0. The summed E-state index contributed by atoms with van der Waals surface area (Å²) in [6.45, 7) is 2.22. The zero-order valence-electron chi connectivity index (χ0n) is 15.0. The lowest BCUT2D eigenvalue weighted by Gasteiger charge is -2.21. The van der Waals surface area contributed by atoms with Gasteiger partial charge in [0.25, 0.3) is 0 Å². The Morgan fingerprint density at radius 2 is 1.38 bits per heavy atom. The third-order valence-electron chi connectivity index (χ3n) is 5.30. The molecule has 0 saturated carbocycles. The summed E-state index contributed by atoms with van der Waals surface area (Å²) in [5.74, 6) is -1.61. The maximum Gasteiger partial charge on any atom is 0.159 e. The van der Waals surface area contributed by atoms with Gasteiger partial charge in [-0.3, -0.25) is 0 Å². The minimum Gasteiger partial charge on any atom is -0.204 e. The van der Waals surface area contributed by atoms with E-state index in [1.165, 1.54) is 52.8 Å². The van der Waals surface area contributed by atoms with Gasteiger partial charge in [0.1, 0.15) is 0 Å². The number of fused-ring (bicyclic) bond motifs is 3. The Bertz CT molecular complexity index is 956. The molecule has 0 unspecified atom stereocenters. The molecule has 0 spiro atoms. The van der Waals surface area contributed by atoms with Crippen molar-refractivity contribution in [1.29, 1.82) is 0 Å². The van der Waals surface area contributed by atoms with Crippen LogP contribution in [0.2, 0.25) is 0 Å². The molecule has 0 heterocycles. The van der Waals surface area contributed by atoms with Crippen LogP contribution in [0.4, 0.5) is 8.78 Å². The molecule has 3 aromatic carbocycles. The quantitative estimate of drug-likeness (QED) is 0.490. The second-order valence-corrected chi connectivity index (χ2v) is 7.10. The standard InChI is InChI=1S/C24H22F2/c1-2-3-4-16-5-10-21-19(13-16)6-7-20-14-17(8-11-22(20)21)18-9-12-23(25)24(26)15-18/h5,8-15H,2-4,6-7H2,1H3. The van der Waals surface area contributed by atoms with Crippen molar-refractivity contribution in [2.45, 2.75) is 39.0 Å². The van der Waals surface area contributed by atoms with E-state index < -0.39 is 11.6 Å². The van der Waals surface area contributed by atoms with Crippen LogP contribution < -0.4 is 0 Å². The smallest absolute Gasteiger partial charge is 0.159 e. The Morgan fingerprint density at radius 1 is 0.731 bits per heavy atom. The summed E-state index contributed by atoms with van der Waals surface area (Å²) in [4.78, 5) is 0. The molecule has 0 fully saturated rings. The summed E-state index contributed by atoms with van der Waals surface area (Å²) in [6, 6.07) is 17.2. The van der Waals surface area contributed by atoms with Gasteiger partial charge in [0.05, 0.1) is 0 Å². The topological polar surface area (TPSA) is 0 Å². The van der Waals surface area contributed by atoms with Crippen molar-refractivity contribution >= 4 is 0 Å². The zero-order valence-corrected chi connectivity index (χ0v) is 15.0. The van der Waals surface area contributed by atoms with Crippen molar-refractivity contribution in [3.05, 3.63) is 82.9 Å². The Balaban J connectivity index is 1.69. The molecule has 1 aliphatic carbocycles. The van der Waals surface area contributed by atoms with Crippen molar-refractivity contribution in [2.75, 3.05) is 0 Å². The fourth-order valence-electron chi connectivity index (χ4n) is 3.84. The molecule has 0 bridgehead atoms. The van der Waals surface area contributed by atoms with Gasteiger partial charge < -0.3 is 0 Å². The monoisotopic (exact) mass is 348 g/mol. The Hall–Kier alpha value is -2.48. The number of unbranched alkanes of at least 4 members (excludes halogenated alkanes) is 1.